The maximum absolute atomic E-state index is 12.7. The lowest BCUT2D eigenvalue weighted by Gasteiger charge is -2.48. The van der Waals surface area contributed by atoms with E-state index in [1.807, 2.05) is 6.07 Å². The van der Waals surface area contributed by atoms with Crippen LogP contribution < -0.4 is 5.32 Å². The highest BCUT2D eigenvalue weighted by Crippen LogP contribution is 2.60. The van der Waals surface area contributed by atoms with Crippen molar-refractivity contribution in [3.8, 4) is 5.75 Å². The molecule has 5 rings (SSSR count). The largest absolute Gasteiger partial charge is 0.506 e. The zero-order valence-corrected chi connectivity index (χ0v) is 16.6. The third-order valence-corrected chi connectivity index (χ3v) is 7.78. The third kappa shape index (κ3) is 2.78. The molecule has 0 radical (unpaired) electrons. The molecule has 0 unspecified atom stereocenters. The van der Waals surface area contributed by atoms with E-state index in [0.717, 1.165) is 44.1 Å². The van der Waals surface area contributed by atoms with Crippen molar-refractivity contribution in [3.63, 3.8) is 0 Å². The van der Waals surface area contributed by atoms with E-state index in [9.17, 15) is 14.7 Å². The number of phenolic OH excluding ortho intramolecular Hbond substituents is 1. The average Bonchev–Trinajstić information content (AvgIpc) is 3.05. The van der Waals surface area contributed by atoms with Crippen LogP contribution in [-0.2, 0) is 11.2 Å². The number of benzene rings is 1. The van der Waals surface area contributed by atoms with Crippen molar-refractivity contribution in [2.75, 3.05) is 5.32 Å². The number of anilines is 1. The number of nitrogens with zero attached hydrogens (tertiary/aromatic N) is 1. The van der Waals surface area contributed by atoms with Crippen molar-refractivity contribution in [3.05, 3.63) is 53.3 Å². The lowest BCUT2D eigenvalue weighted by atomic mass is 9.55. The van der Waals surface area contributed by atoms with Gasteiger partial charge in [-0.2, -0.15) is 0 Å². The lowest BCUT2D eigenvalue weighted by molar-refractivity contribution is -0.129. The Labute approximate surface area is 170 Å². The molecule has 0 saturated heterocycles. The number of amides is 1. The molecule has 1 heterocycles. The number of phenols is 1. The van der Waals surface area contributed by atoms with Gasteiger partial charge in [-0.15, -0.1) is 0 Å². The minimum absolute atomic E-state index is 0.112. The van der Waals surface area contributed by atoms with Crippen LogP contribution in [0.4, 0.5) is 5.69 Å². The summed E-state index contributed by atoms with van der Waals surface area (Å²) in [6.45, 7) is 2.18. The molecule has 150 valence electrons. The van der Waals surface area contributed by atoms with Crippen LogP contribution in [0.2, 0.25) is 0 Å². The van der Waals surface area contributed by atoms with E-state index < -0.39 is 0 Å². The van der Waals surface area contributed by atoms with Gasteiger partial charge in [0.05, 0.1) is 5.69 Å². The van der Waals surface area contributed by atoms with E-state index in [1.165, 1.54) is 5.56 Å². The van der Waals surface area contributed by atoms with E-state index in [-0.39, 0.29) is 17.1 Å². The summed E-state index contributed by atoms with van der Waals surface area (Å²) in [6.07, 6.45) is 8.67. The van der Waals surface area contributed by atoms with Crippen LogP contribution in [0.3, 0.4) is 0 Å². The number of nitrogens with one attached hydrogen (secondary N) is 1. The number of aromatic nitrogens is 1. The average molecular weight is 390 g/mol. The van der Waals surface area contributed by atoms with Crippen LogP contribution in [-0.4, -0.2) is 21.8 Å². The molecule has 5 nitrogen and oxygen atoms in total. The molecule has 0 bridgehead atoms. The van der Waals surface area contributed by atoms with Crippen molar-refractivity contribution < 1.29 is 14.7 Å². The Bertz CT molecular complexity index is 987. The Balaban J connectivity index is 1.48. The maximum Gasteiger partial charge on any atom is 0.255 e. The first-order valence-corrected chi connectivity index (χ1v) is 10.6. The molecule has 1 amide bonds. The number of pyridine rings is 1. The highest BCUT2D eigenvalue weighted by atomic mass is 16.3. The van der Waals surface area contributed by atoms with Crippen LogP contribution in [0.15, 0.2) is 36.7 Å². The first-order chi connectivity index (χ1) is 14.0. The summed E-state index contributed by atoms with van der Waals surface area (Å²) >= 11 is 0. The number of rotatable bonds is 2. The van der Waals surface area contributed by atoms with Gasteiger partial charge in [0, 0.05) is 29.8 Å². The van der Waals surface area contributed by atoms with Crippen molar-refractivity contribution >= 4 is 17.4 Å². The number of carbonyl (C=O) groups is 2. The van der Waals surface area contributed by atoms with E-state index >= 15 is 0 Å². The van der Waals surface area contributed by atoms with Crippen LogP contribution >= 0.6 is 0 Å². The molecule has 1 aromatic carbocycles. The van der Waals surface area contributed by atoms with E-state index in [1.54, 1.807) is 30.6 Å². The van der Waals surface area contributed by atoms with E-state index in [0.29, 0.717) is 34.8 Å². The topological polar surface area (TPSA) is 79.3 Å². The molecule has 2 aromatic rings. The van der Waals surface area contributed by atoms with Gasteiger partial charge in [-0.05, 0) is 79.2 Å². The van der Waals surface area contributed by atoms with Gasteiger partial charge in [-0.1, -0.05) is 13.0 Å². The molecule has 5 heteroatoms. The molecule has 0 spiro atoms. The predicted octanol–water partition coefficient (Wildman–Crippen LogP) is 4.46. The van der Waals surface area contributed by atoms with Crippen molar-refractivity contribution in [1.29, 1.82) is 0 Å². The molecule has 2 saturated carbocycles. The summed E-state index contributed by atoms with van der Waals surface area (Å²) in [6, 6.07) is 7.06. The smallest absolute Gasteiger partial charge is 0.255 e. The molecule has 2 fully saturated rings. The Kier molecular flexibility index (Phi) is 4.23. The third-order valence-electron chi connectivity index (χ3n) is 7.78. The number of carbonyl (C=O) groups excluding carboxylic acids is 2. The Morgan fingerprint density at radius 3 is 2.72 bits per heavy atom. The molecule has 3 aliphatic rings. The van der Waals surface area contributed by atoms with Crippen LogP contribution in [0, 0.1) is 17.3 Å². The van der Waals surface area contributed by atoms with E-state index in [2.05, 4.69) is 17.2 Å². The van der Waals surface area contributed by atoms with Crippen LogP contribution in [0.5, 0.6) is 5.75 Å². The second-order valence-electron chi connectivity index (χ2n) is 9.05. The number of aromatic hydroxyl groups is 1. The first-order valence-electron chi connectivity index (χ1n) is 10.6. The summed E-state index contributed by atoms with van der Waals surface area (Å²) in [4.78, 5) is 29.1. The molecular weight excluding hydrogens is 364 g/mol. The summed E-state index contributed by atoms with van der Waals surface area (Å²) in [5.74, 6) is 1.70. The normalized spacial score (nSPS) is 30.2. The fraction of sp³-hybridized carbons (Fsp3) is 0.458. The molecule has 0 aliphatic heterocycles. The summed E-state index contributed by atoms with van der Waals surface area (Å²) in [5, 5.41) is 13.5. The Morgan fingerprint density at radius 1 is 1.14 bits per heavy atom. The van der Waals surface area contributed by atoms with Gasteiger partial charge in [-0.25, -0.2) is 0 Å². The van der Waals surface area contributed by atoms with Gasteiger partial charge in [0.25, 0.3) is 5.91 Å². The monoisotopic (exact) mass is 390 g/mol. The lowest BCUT2D eigenvalue weighted by Crippen LogP contribution is -2.42. The zero-order valence-electron chi connectivity index (χ0n) is 16.6. The number of hydrogen-bond acceptors (Lipinski definition) is 4. The second-order valence-corrected chi connectivity index (χ2v) is 9.05. The van der Waals surface area contributed by atoms with Gasteiger partial charge in [0.15, 0.2) is 0 Å². The van der Waals surface area contributed by atoms with Crippen molar-refractivity contribution in [1.82, 2.24) is 4.98 Å². The van der Waals surface area contributed by atoms with Gasteiger partial charge in [0.2, 0.25) is 0 Å². The minimum atomic E-state index is -0.240. The molecule has 1 aromatic heterocycles. The fourth-order valence-corrected chi connectivity index (χ4v) is 6.25. The SMILES string of the molecule is C[C@]12CC[C@@H]3c4ccc(O)c(NC(=O)c5ccncc5)c4CC[C@H]3[C@@H]1CCC2=O. The maximum atomic E-state index is 12.7. The molecule has 29 heavy (non-hydrogen) atoms. The quantitative estimate of drug-likeness (QED) is 0.742. The Morgan fingerprint density at radius 2 is 1.93 bits per heavy atom. The highest BCUT2D eigenvalue weighted by molar-refractivity contribution is 6.05. The molecule has 3 aliphatic carbocycles. The fourth-order valence-electron chi connectivity index (χ4n) is 6.25. The van der Waals surface area contributed by atoms with Crippen LogP contribution in [0.1, 0.15) is 66.4 Å². The highest BCUT2D eigenvalue weighted by Gasteiger charge is 2.54. The summed E-state index contributed by atoms with van der Waals surface area (Å²) in [7, 11) is 0. The number of ketones is 1. The summed E-state index contributed by atoms with van der Waals surface area (Å²) < 4.78 is 0. The van der Waals surface area contributed by atoms with Gasteiger partial charge in [-0.3, -0.25) is 14.6 Å². The molecule has 4 atom stereocenters. The first kappa shape index (κ1) is 18.3. The Hall–Kier alpha value is -2.69. The number of Topliss-reactive ketones (excluding diaryl/α,β-unsaturated/α-hetero) is 1. The van der Waals surface area contributed by atoms with Crippen molar-refractivity contribution in [2.24, 2.45) is 17.3 Å². The van der Waals surface area contributed by atoms with Gasteiger partial charge < -0.3 is 10.4 Å². The van der Waals surface area contributed by atoms with E-state index in [4.69, 9.17) is 0 Å². The zero-order chi connectivity index (χ0) is 20.2. The number of fused-ring (bicyclic) bond motifs is 5. The second kappa shape index (κ2) is 6.68. The molecular formula is C24H26N2O3. The minimum Gasteiger partial charge on any atom is -0.506 e. The van der Waals surface area contributed by atoms with Crippen LogP contribution in [0.25, 0.3) is 0 Å². The van der Waals surface area contributed by atoms with Crippen molar-refractivity contribution in [2.45, 2.75) is 51.4 Å². The molecule has 2 N–H and O–H groups in total. The van der Waals surface area contributed by atoms with Gasteiger partial charge >= 0.3 is 0 Å². The van der Waals surface area contributed by atoms with Gasteiger partial charge in [0.1, 0.15) is 11.5 Å². The number of hydrogen-bond donors (Lipinski definition) is 2. The predicted molar refractivity (Wildman–Crippen MR) is 110 cm³/mol. The standard InChI is InChI=1S/C24H26N2O3/c1-24-11-8-16-15-4-6-20(27)22(26-23(29)14-9-12-25-13-10-14)18(15)3-2-17(16)19(24)5-7-21(24)28/h4,6,9-10,12-13,16-17,19,27H,2-3,5,7-8,11H2,1H3,(H,26,29)/t16-,17-,19+,24+/m1/s1. The summed E-state index contributed by atoms with van der Waals surface area (Å²) in [5.41, 5.74) is 3.21.